The first-order chi connectivity index (χ1) is 9.20. The Bertz CT molecular complexity index is 617. The lowest BCUT2D eigenvalue weighted by Crippen LogP contribution is -2.02. The Morgan fingerprint density at radius 1 is 1.16 bits per heavy atom. The Hall–Kier alpha value is -2.18. The highest BCUT2D eigenvalue weighted by Crippen LogP contribution is 2.20. The van der Waals surface area contributed by atoms with Crippen LogP contribution in [0.4, 0.5) is 11.4 Å². The van der Waals surface area contributed by atoms with E-state index < -0.39 is 0 Å². The summed E-state index contributed by atoms with van der Waals surface area (Å²) in [4.78, 5) is 0. The lowest BCUT2D eigenvalue weighted by atomic mass is 10.1. The maximum absolute atomic E-state index is 8.74. The largest absolute Gasteiger partial charge is 0.398 e. The van der Waals surface area contributed by atoms with Gasteiger partial charge in [-0.15, -0.1) is 0 Å². The van der Waals surface area contributed by atoms with E-state index >= 15 is 0 Å². The maximum atomic E-state index is 8.74. The van der Waals surface area contributed by atoms with E-state index in [2.05, 4.69) is 11.4 Å². The first-order valence-electron chi connectivity index (χ1n) is 5.93. The number of nitrogens with one attached hydrogen (secondary N) is 1. The van der Waals surface area contributed by atoms with Crippen LogP contribution in [0, 0.1) is 11.3 Å². The summed E-state index contributed by atoms with van der Waals surface area (Å²) >= 11 is 6.09. The fourth-order valence-corrected chi connectivity index (χ4v) is 2.00. The molecule has 4 heteroatoms. The van der Waals surface area contributed by atoms with Crippen LogP contribution < -0.4 is 11.1 Å². The second kappa shape index (κ2) is 6.12. The van der Waals surface area contributed by atoms with Gasteiger partial charge in [-0.2, -0.15) is 5.26 Å². The van der Waals surface area contributed by atoms with Gasteiger partial charge in [-0.25, -0.2) is 0 Å². The number of nitriles is 1. The number of nitrogen functional groups attached to an aromatic ring is 1. The maximum Gasteiger partial charge on any atom is 0.0670 e. The molecule has 0 atom stereocenters. The minimum absolute atomic E-state index is 0.313. The molecule has 3 N–H and O–H groups in total. The molecule has 0 aliphatic heterocycles. The average Bonchev–Trinajstić information content (AvgIpc) is 2.41. The van der Waals surface area contributed by atoms with E-state index in [0.717, 1.165) is 21.8 Å². The molecule has 0 aromatic heterocycles. The standard InChI is InChI=1S/C15H14ClN3/c16-14-4-2-1-3-12(14)10-19-13-5-6-15(18)11(9-13)7-8-17/h1-6,9,19H,7,10,18H2. The SMILES string of the molecule is N#CCc1cc(NCc2ccccc2Cl)ccc1N. The molecule has 0 fully saturated rings. The predicted octanol–water partition coefficient (Wildman–Crippen LogP) is 3.60. The van der Waals surface area contributed by atoms with Crippen LogP contribution in [0.15, 0.2) is 42.5 Å². The summed E-state index contributed by atoms with van der Waals surface area (Å²) in [7, 11) is 0. The molecule has 0 spiro atoms. The monoisotopic (exact) mass is 271 g/mol. The summed E-state index contributed by atoms with van der Waals surface area (Å²) in [6, 6.07) is 15.4. The fraction of sp³-hybridized carbons (Fsp3) is 0.133. The molecule has 3 nitrogen and oxygen atoms in total. The number of hydrogen-bond donors (Lipinski definition) is 2. The van der Waals surface area contributed by atoms with Crippen molar-refractivity contribution in [2.24, 2.45) is 0 Å². The number of nitrogens with two attached hydrogens (primary N) is 1. The van der Waals surface area contributed by atoms with Gasteiger partial charge in [0.25, 0.3) is 0 Å². The Morgan fingerprint density at radius 2 is 1.95 bits per heavy atom. The number of halogens is 1. The molecule has 2 aromatic rings. The van der Waals surface area contributed by atoms with Crippen LogP contribution in [0.25, 0.3) is 0 Å². The molecule has 0 bridgehead atoms. The first kappa shape index (κ1) is 13.3. The second-order valence-corrected chi connectivity index (χ2v) is 4.60. The number of nitrogens with zero attached hydrogens (tertiary/aromatic N) is 1. The molecule has 0 radical (unpaired) electrons. The second-order valence-electron chi connectivity index (χ2n) is 4.19. The van der Waals surface area contributed by atoms with Crippen LogP contribution in [0.2, 0.25) is 5.02 Å². The van der Waals surface area contributed by atoms with Crippen LogP contribution in [0.5, 0.6) is 0 Å². The minimum atomic E-state index is 0.313. The zero-order chi connectivity index (χ0) is 13.7. The van der Waals surface area contributed by atoms with Gasteiger partial charge in [-0.3, -0.25) is 0 Å². The number of benzene rings is 2. The quantitative estimate of drug-likeness (QED) is 0.835. The Balaban J connectivity index is 2.10. The van der Waals surface area contributed by atoms with Crippen LogP contribution >= 0.6 is 11.6 Å². The zero-order valence-electron chi connectivity index (χ0n) is 10.4. The summed E-state index contributed by atoms with van der Waals surface area (Å²) in [6.07, 6.45) is 0.313. The van der Waals surface area contributed by atoms with E-state index in [4.69, 9.17) is 22.6 Å². The van der Waals surface area contributed by atoms with Gasteiger partial charge < -0.3 is 11.1 Å². The highest BCUT2D eigenvalue weighted by molar-refractivity contribution is 6.31. The van der Waals surface area contributed by atoms with Gasteiger partial charge >= 0.3 is 0 Å². The lowest BCUT2D eigenvalue weighted by Gasteiger charge is -2.10. The van der Waals surface area contributed by atoms with Gasteiger partial charge in [0.1, 0.15) is 0 Å². The molecule has 0 aliphatic carbocycles. The molecular weight excluding hydrogens is 258 g/mol. The summed E-state index contributed by atoms with van der Waals surface area (Å²) in [5, 5.41) is 12.8. The van der Waals surface area contributed by atoms with Gasteiger partial charge in [0.15, 0.2) is 0 Å². The average molecular weight is 272 g/mol. The van der Waals surface area contributed by atoms with E-state index in [1.807, 2.05) is 42.5 Å². The highest BCUT2D eigenvalue weighted by atomic mass is 35.5. The topological polar surface area (TPSA) is 61.8 Å². The van der Waals surface area contributed by atoms with Crippen LogP contribution in [0.1, 0.15) is 11.1 Å². The Labute approximate surface area is 117 Å². The molecule has 19 heavy (non-hydrogen) atoms. The third-order valence-electron chi connectivity index (χ3n) is 2.85. The van der Waals surface area contributed by atoms with E-state index in [9.17, 15) is 0 Å². The molecule has 0 aliphatic rings. The van der Waals surface area contributed by atoms with Crippen molar-refractivity contribution in [3.8, 4) is 6.07 Å². The molecular formula is C15H14ClN3. The van der Waals surface area contributed by atoms with E-state index in [1.54, 1.807) is 0 Å². The lowest BCUT2D eigenvalue weighted by molar-refractivity contribution is 1.14. The Kier molecular flexibility index (Phi) is 4.27. The number of rotatable bonds is 4. The zero-order valence-corrected chi connectivity index (χ0v) is 11.1. The Morgan fingerprint density at radius 3 is 2.68 bits per heavy atom. The van der Waals surface area contributed by atoms with Crippen molar-refractivity contribution < 1.29 is 0 Å². The smallest absolute Gasteiger partial charge is 0.0670 e. The normalized spacial score (nSPS) is 9.89. The van der Waals surface area contributed by atoms with Crippen molar-refractivity contribution in [3.63, 3.8) is 0 Å². The van der Waals surface area contributed by atoms with Gasteiger partial charge in [0.05, 0.1) is 12.5 Å². The van der Waals surface area contributed by atoms with Gasteiger partial charge in [0, 0.05) is 22.9 Å². The summed E-state index contributed by atoms with van der Waals surface area (Å²) in [6.45, 7) is 0.635. The minimum Gasteiger partial charge on any atom is -0.398 e. The van der Waals surface area contributed by atoms with E-state index in [1.165, 1.54) is 0 Å². The number of hydrogen-bond acceptors (Lipinski definition) is 3. The molecule has 0 saturated carbocycles. The molecule has 96 valence electrons. The van der Waals surface area contributed by atoms with Crippen molar-refractivity contribution in [1.29, 1.82) is 5.26 Å². The summed E-state index contributed by atoms with van der Waals surface area (Å²) in [5.74, 6) is 0. The van der Waals surface area contributed by atoms with E-state index in [-0.39, 0.29) is 0 Å². The van der Waals surface area contributed by atoms with Crippen LogP contribution in [-0.4, -0.2) is 0 Å². The third kappa shape index (κ3) is 3.40. The van der Waals surface area contributed by atoms with Gasteiger partial charge in [0.2, 0.25) is 0 Å². The summed E-state index contributed by atoms with van der Waals surface area (Å²) in [5.41, 5.74) is 9.25. The van der Waals surface area contributed by atoms with Crippen LogP contribution in [-0.2, 0) is 13.0 Å². The first-order valence-corrected chi connectivity index (χ1v) is 6.31. The van der Waals surface area contributed by atoms with Crippen molar-refractivity contribution in [2.75, 3.05) is 11.1 Å². The van der Waals surface area contributed by atoms with E-state index in [0.29, 0.717) is 18.7 Å². The van der Waals surface area contributed by atoms with Crippen molar-refractivity contribution in [3.05, 3.63) is 58.6 Å². The van der Waals surface area contributed by atoms with Crippen molar-refractivity contribution in [1.82, 2.24) is 0 Å². The van der Waals surface area contributed by atoms with Gasteiger partial charge in [-0.05, 0) is 35.4 Å². The number of anilines is 2. The van der Waals surface area contributed by atoms with Crippen LogP contribution in [0.3, 0.4) is 0 Å². The molecule has 0 unspecified atom stereocenters. The molecule has 0 saturated heterocycles. The van der Waals surface area contributed by atoms with Crippen molar-refractivity contribution in [2.45, 2.75) is 13.0 Å². The third-order valence-corrected chi connectivity index (χ3v) is 3.22. The fourth-order valence-electron chi connectivity index (χ4n) is 1.79. The van der Waals surface area contributed by atoms with Crippen molar-refractivity contribution >= 4 is 23.0 Å². The molecule has 0 amide bonds. The highest BCUT2D eigenvalue weighted by Gasteiger charge is 2.02. The molecule has 2 aromatic carbocycles. The molecule has 0 heterocycles. The summed E-state index contributed by atoms with van der Waals surface area (Å²) < 4.78 is 0. The van der Waals surface area contributed by atoms with Gasteiger partial charge in [-0.1, -0.05) is 29.8 Å². The predicted molar refractivity (Wildman–Crippen MR) is 79.0 cm³/mol. The molecule has 2 rings (SSSR count).